The van der Waals surface area contributed by atoms with Crippen LogP contribution in [0.15, 0.2) is 30.3 Å². The van der Waals surface area contributed by atoms with Crippen LogP contribution >= 0.6 is 23.7 Å². The van der Waals surface area contributed by atoms with E-state index in [0.717, 1.165) is 16.0 Å². The summed E-state index contributed by atoms with van der Waals surface area (Å²) in [5, 5.41) is 2.91. The highest BCUT2D eigenvalue weighted by atomic mass is 35.5. The maximum absolute atomic E-state index is 13.0. The standard InChI is InChI=1S/C17H19FN2OS.ClH/c1-10-8-15(17(21)20-9-14(19)11-2-3-11)22-16(10)12-4-6-13(18)7-5-12;/h4-8,11,14H,2-3,9,19H2,1H3,(H,20,21);1H. The van der Waals surface area contributed by atoms with E-state index in [1.807, 2.05) is 13.0 Å². The van der Waals surface area contributed by atoms with Crippen LogP contribution in [0.1, 0.15) is 28.1 Å². The van der Waals surface area contributed by atoms with Crippen molar-refractivity contribution in [1.82, 2.24) is 5.32 Å². The SMILES string of the molecule is Cc1cc(C(=O)NCC(N)C2CC2)sc1-c1ccc(F)cc1.Cl. The first-order valence-electron chi connectivity index (χ1n) is 7.45. The fourth-order valence-electron chi connectivity index (χ4n) is 2.47. The number of carbonyl (C=O) groups is 1. The molecule has 1 fully saturated rings. The van der Waals surface area contributed by atoms with E-state index in [4.69, 9.17) is 5.73 Å². The molecule has 3 N–H and O–H groups in total. The van der Waals surface area contributed by atoms with Gasteiger partial charge >= 0.3 is 0 Å². The summed E-state index contributed by atoms with van der Waals surface area (Å²) >= 11 is 1.43. The van der Waals surface area contributed by atoms with Crippen molar-refractivity contribution in [2.75, 3.05) is 6.54 Å². The molecule has 0 aliphatic heterocycles. The molecule has 1 aliphatic carbocycles. The van der Waals surface area contributed by atoms with E-state index in [0.29, 0.717) is 17.3 Å². The molecular formula is C17H20ClFN2OS. The summed E-state index contributed by atoms with van der Waals surface area (Å²) in [6.45, 7) is 2.48. The number of carbonyl (C=O) groups excluding carboxylic acids is 1. The minimum absolute atomic E-state index is 0. The minimum Gasteiger partial charge on any atom is -0.350 e. The van der Waals surface area contributed by atoms with Gasteiger partial charge in [-0.05, 0) is 55.0 Å². The highest BCUT2D eigenvalue weighted by Gasteiger charge is 2.28. The molecule has 1 saturated carbocycles. The van der Waals surface area contributed by atoms with Crippen LogP contribution < -0.4 is 11.1 Å². The lowest BCUT2D eigenvalue weighted by Crippen LogP contribution is -2.38. The number of aryl methyl sites for hydroxylation is 1. The zero-order valence-corrected chi connectivity index (χ0v) is 14.5. The minimum atomic E-state index is -0.259. The van der Waals surface area contributed by atoms with E-state index in [9.17, 15) is 9.18 Å². The smallest absolute Gasteiger partial charge is 0.261 e. The number of rotatable bonds is 5. The largest absolute Gasteiger partial charge is 0.350 e. The summed E-state index contributed by atoms with van der Waals surface area (Å²) in [6, 6.07) is 8.27. The molecule has 1 unspecified atom stereocenters. The lowest BCUT2D eigenvalue weighted by Gasteiger charge is -2.10. The monoisotopic (exact) mass is 354 g/mol. The third-order valence-electron chi connectivity index (χ3n) is 3.97. The van der Waals surface area contributed by atoms with Gasteiger partial charge in [-0.25, -0.2) is 4.39 Å². The average Bonchev–Trinajstić information content (AvgIpc) is 3.28. The molecule has 1 aromatic heterocycles. The Balaban J connectivity index is 0.00000192. The summed E-state index contributed by atoms with van der Waals surface area (Å²) in [7, 11) is 0. The van der Waals surface area contributed by atoms with Gasteiger partial charge < -0.3 is 11.1 Å². The first-order valence-corrected chi connectivity index (χ1v) is 8.26. The zero-order chi connectivity index (χ0) is 15.7. The third-order valence-corrected chi connectivity index (χ3v) is 5.26. The van der Waals surface area contributed by atoms with Gasteiger partial charge in [-0.2, -0.15) is 0 Å². The molecule has 3 rings (SSSR count). The van der Waals surface area contributed by atoms with Crippen LogP contribution in [0.25, 0.3) is 10.4 Å². The van der Waals surface area contributed by atoms with Gasteiger partial charge in [0.2, 0.25) is 0 Å². The lowest BCUT2D eigenvalue weighted by molar-refractivity contribution is 0.0954. The first-order chi connectivity index (χ1) is 10.5. The van der Waals surface area contributed by atoms with E-state index < -0.39 is 0 Å². The summed E-state index contributed by atoms with van der Waals surface area (Å²) in [5.74, 6) is 0.225. The van der Waals surface area contributed by atoms with E-state index in [1.165, 1.54) is 36.3 Å². The highest BCUT2D eigenvalue weighted by molar-refractivity contribution is 7.17. The van der Waals surface area contributed by atoms with Crippen LogP contribution in [0.2, 0.25) is 0 Å². The Morgan fingerprint density at radius 2 is 2.04 bits per heavy atom. The van der Waals surface area contributed by atoms with E-state index in [1.54, 1.807) is 12.1 Å². The Morgan fingerprint density at radius 1 is 1.39 bits per heavy atom. The average molecular weight is 355 g/mol. The fourth-order valence-corrected chi connectivity index (χ4v) is 3.56. The normalized spacial score (nSPS) is 14.9. The number of halogens is 2. The predicted octanol–water partition coefficient (Wildman–Crippen LogP) is 3.75. The van der Waals surface area contributed by atoms with Crippen LogP contribution in [-0.4, -0.2) is 18.5 Å². The van der Waals surface area contributed by atoms with Crippen molar-refractivity contribution >= 4 is 29.7 Å². The van der Waals surface area contributed by atoms with E-state index >= 15 is 0 Å². The highest BCUT2D eigenvalue weighted by Crippen LogP contribution is 2.33. The second kappa shape index (κ2) is 7.43. The zero-order valence-electron chi connectivity index (χ0n) is 12.8. The molecule has 0 saturated heterocycles. The van der Waals surface area contributed by atoms with Crippen LogP contribution in [0, 0.1) is 18.7 Å². The molecule has 1 amide bonds. The van der Waals surface area contributed by atoms with Gasteiger partial charge in [0.25, 0.3) is 5.91 Å². The molecule has 0 bridgehead atoms. The number of nitrogens with two attached hydrogens (primary N) is 1. The maximum atomic E-state index is 13.0. The molecule has 1 heterocycles. The van der Waals surface area contributed by atoms with Crippen LogP contribution in [0.5, 0.6) is 0 Å². The van der Waals surface area contributed by atoms with Crippen molar-refractivity contribution in [3.05, 3.63) is 46.6 Å². The van der Waals surface area contributed by atoms with Gasteiger partial charge in [0, 0.05) is 17.5 Å². The molecule has 1 aliphatic rings. The Hall–Kier alpha value is -1.43. The molecular weight excluding hydrogens is 335 g/mol. The quantitative estimate of drug-likeness (QED) is 0.859. The number of amides is 1. The van der Waals surface area contributed by atoms with Gasteiger partial charge in [-0.3, -0.25) is 4.79 Å². The molecule has 1 aromatic carbocycles. The predicted molar refractivity (Wildman–Crippen MR) is 94.7 cm³/mol. The number of nitrogens with one attached hydrogen (secondary N) is 1. The number of hydrogen-bond donors (Lipinski definition) is 2. The van der Waals surface area contributed by atoms with Crippen LogP contribution in [0.3, 0.4) is 0 Å². The van der Waals surface area contributed by atoms with Crippen molar-refractivity contribution in [1.29, 1.82) is 0 Å². The van der Waals surface area contributed by atoms with E-state index in [2.05, 4.69) is 5.32 Å². The lowest BCUT2D eigenvalue weighted by atomic mass is 10.1. The van der Waals surface area contributed by atoms with E-state index in [-0.39, 0.29) is 30.2 Å². The van der Waals surface area contributed by atoms with Crippen molar-refractivity contribution in [3.8, 4) is 10.4 Å². The molecule has 3 nitrogen and oxygen atoms in total. The van der Waals surface area contributed by atoms with Gasteiger partial charge in [-0.1, -0.05) is 12.1 Å². The van der Waals surface area contributed by atoms with Gasteiger partial charge in [0.1, 0.15) is 5.82 Å². The van der Waals surface area contributed by atoms with Crippen molar-refractivity contribution in [3.63, 3.8) is 0 Å². The summed E-state index contributed by atoms with van der Waals surface area (Å²) in [4.78, 5) is 13.9. The number of benzene rings is 1. The van der Waals surface area contributed by atoms with Crippen molar-refractivity contribution < 1.29 is 9.18 Å². The Kier molecular flexibility index (Phi) is 5.79. The second-order valence-corrected chi connectivity index (χ2v) is 6.89. The molecule has 23 heavy (non-hydrogen) atoms. The fraction of sp³-hybridized carbons (Fsp3) is 0.353. The Labute approximate surface area is 145 Å². The topological polar surface area (TPSA) is 55.1 Å². The molecule has 124 valence electrons. The number of hydrogen-bond acceptors (Lipinski definition) is 3. The Bertz CT molecular complexity index is 682. The molecule has 2 aromatic rings. The van der Waals surface area contributed by atoms with Gasteiger partial charge in [0.15, 0.2) is 0 Å². The molecule has 0 spiro atoms. The van der Waals surface area contributed by atoms with Crippen molar-refractivity contribution in [2.24, 2.45) is 11.7 Å². The first kappa shape index (κ1) is 17.9. The second-order valence-electron chi connectivity index (χ2n) is 5.84. The summed E-state index contributed by atoms with van der Waals surface area (Å²) < 4.78 is 13.0. The Morgan fingerprint density at radius 3 is 2.65 bits per heavy atom. The van der Waals surface area contributed by atoms with Gasteiger partial charge in [0.05, 0.1) is 4.88 Å². The van der Waals surface area contributed by atoms with Gasteiger partial charge in [-0.15, -0.1) is 23.7 Å². The van der Waals surface area contributed by atoms with Crippen LogP contribution in [-0.2, 0) is 0 Å². The van der Waals surface area contributed by atoms with Crippen molar-refractivity contribution in [2.45, 2.75) is 25.8 Å². The summed E-state index contributed by atoms with van der Waals surface area (Å²) in [6.07, 6.45) is 2.34. The maximum Gasteiger partial charge on any atom is 0.261 e. The molecule has 1 atom stereocenters. The third kappa shape index (κ3) is 4.31. The molecule has 0 radical (unpaired) electrons. The van der Waals surface area contributed by atoms with Crippen LogP contribution in [0.4, 0.5) is 4.39 Å². The number of thiophene rings is 1. The summed E-state index contributed by atoms with van der Waals surface area (Å²) in [5.41, 5.74) is 7.95. The molecule has 6 heteroatoms.